The fraction of sp³-hybridized carbons (Fsp3) is 0.200. The molecule has 0 spiro atoms. The minimum absolute atomic E-state index is 0.00948. The molecule has 9 heteroatoms. The molecule has 0 bridgehead atoms. The molecule has 0 fully saturated rings. The normalized spacial score (nSPS) is 16.5. The van der Waals surface area contributed by atoms with Gasteiger partial charge in [-0.2, -0.15) is 0 Å². The molecular weight excluding hydrogens is 371 g/mol. The number of allylic oxidation sites excluding steroid dienone is 2. The van der Waals surface area contributed by atoms with Crippen LogP contribution in [-0.4, -0.2) is 24.2 Å². The van der Waals surface area contributed by atoms with E-state index < -0.39 is 11.6 Å². The van der Waals surface area contributed by atoms with Gasteiger partial charge in [-0.3, -0.25) is 9.59 Å². The molecule has 0 aliphatic heterocycles. The van der Waals surface area contributed by atoms with Gasteiger partial charge in [0.15, 0.2) is 0 Å². The number of anilines is 2. The lowest BCUT2D eigenvalue weighted by molar-refractivity contribution is -0.115. The number of Topliss-reactive ketones (excluding diaryl/α,β-unsaturated/α-hetero) is 2. The standard InChI is InChI=1S/C15H16Cl2N4O2S/c1-6(18)5-20-8-3-2-7(4-9(8)24)21-13-11(17)14(22)12(19)10(16)15(13)23/h2-4,6,20-21,24H,5,18-19H2,1H3. The molecule has 1 unspecified atom stereocenters. The van der Waals surface area contributed by atoms with Gasteiger partial charge in [-0.1, -0.05) is 23.2 Å². The average molecular weight is 387 g/mol. The topological polar surface area (TPSA) is 110 Å². The molecule has 6 N–H and O–H groups in total. The summed E-state index contributed by atoms with van der Waals surface area (Å²) < 4.78 is 0. The maximum atomic E-state index is 12.2. The van der Waals surface area contributed by atoms with Crippen molar-refractivity contribution in [1.82, 2.24) is 0 Å². The van der Waals surface area contributed by atoms with Gasteiger partial charge in [0.25, 0.3) is 0 Å². The predicted octanol–water partition coefficient (Wildman–Crippen LogP) is 2.16. The number of halogens is 2. The molecule has 1 aromatic rings. The Morgan fingerprint density at radius 1 is 1.21 bits per heavy atom. The van der Waals surface area contributed by atoms with Gasteiger partial charge < -0.3 is 22.1 Å². The van der Waals surface area contributed by atoms with E-state index in [4.69, 9.17) is 34.7 Å². The van der Waals surface area contributed by atoms with Gasteiger partial charge in [0.1, 0.15) is 21.5 Å². The van der Waals surface area contributed by atoms with Crippen LogP contribution in [0.3, 0.4) is 0 Å². The van der Waals surface area contributed by atoms with Crippen LogP contribution >= 0.6 is 35.8 Å². The molecule has 1 aromatic carbocycles. The number of hydrogen-bond donors (Lipinski definition) is 5. The third-order valence-electron chi connectivity index (χ3n) is 3.21. The van der Waals surface area contributed by atoms with E-state index in [1.54, 1.807) is 18.2 Å². The van der Waals surface area contributed by atoms with Crippen LogP contribution in [0.1, 0.15) is 6.92 Å². The summed E-state index contributed by atoms with van der Waals surface area (Å²) in [6.07, 6.45) is 0. The lowest BCUT2D eigenvalue weighted by Crippen LogP contribution is -2.27. The summed E-state index contributed by atoms with van der Waals surface area (Å²) in [6, 6.07) is 5.14. The first-order chi connectivity index (χ1) is 11.2. The third-order valence-corrected chi connectivity index (χ3v) is 4.31. The van der Waals surface area contributed by atoms with Gasteiger partial charge in [-0.15, -0.1) is 12.6 Å². The Balaban J connectivity index is 2.24. The van der Waals surface area contributed by atoms with E-state index in [-0.39, 0.29) is 27.5 Å². The van der Waals surface area contributed by atoms with Crippen molar-refractivity contribution >= 4 is 58.8 Å². The molecule has 1 atom stereocenters. The van der Waals surface area contributed by atoms with Crippen LogP contribution in [0, 0.1) is 0 Å². The fourth-order valence-corrected chi connectivity index (χ4v) is 2.66. The molecule has 2 rings (SSSR count). The lowest BCUT2D eigenvalue weighted by atomic mass is 10.1. The van der Waals surface area contributed by atoms with Gasteiger partial charge in [0.05, 0.1) is 0 Å². The van der Waals surface area contributed by atoms with Crippen LogP contribution in [-0.2, 0) is 9.59 Å². The third kappa shape index (κ3) is 3.87. The summed E-state index contributed by atoms with van der Waals surface area (Å²) in [4.78, 5) is 24.7. The largest absolute Gasteiger partial charge is 0.394 e. The molecular formula is C15H16Cl2N4O2S. The minimum atomic E-state index is -0.690. The SMILES string of the molecule is CC(N)CNc1ccc(NC2=C(Cl)C(=O)C(N)=C(Cl)C2=O)cc1S. The summed E-state index contributed by atoms with van der Waals surface area (Å²) in [5.74, 6) is -1.33. The van der Waals surface area contributed by atoms with Crippen LogP contribution in [0.5, 0.6) is 0 Å². The number of ketones is 2. The van der Waals surface area contributed by atoms with E-state index in [2.05, 4.69) is 23.3 Å². The zero-order valence-corrected chi connectivity index (χ0v) is 15.1. The van der Waals surface area contributed by atoms with E-state index in [0.29, 0.717) is 17.1 Å². The highest BCUT2D eigenvalue weighted by Gasteiger charge is 2.32. The van der Waals surface area contributed by atoms with Gasteiger partial charge in [-0.25, -0.2) is 0 Å². The fourth-order valence-electron chi connectivity index (χ4n) is 1.95. The molecule has 128 valence electrons. The van der Waals surface area contributed by atoms with Crippen LogP contribution in [0.2, 0.25) is 0 Å². The molecule has 0 saturated heterocycles. The number of carbonyl (C=O) groups excluding carboxylic acids is 2. The highest BCUT2D eigenvalue weighted by Crippen LogP contribution is 2.30. The summed E-state index contributed by atoms with van der Waals surface area (Å²) in [5, 5.41) is 5.29. The molecule has 1 aliphatic rings. The van der Waals surface area contributed by atoms with Crippen molar-refractivity contribution in [3.8, 4) is 0 Å². The van der Waals surface area contributed by atoms with E-state index in [9.17, 15) is 9.59 Å². The molecule has 6 nitrogen and oxygen atoms in total. The monoisotopic (exact) mass is 386 g/mol. The van der Waals surface area contributed by atoms with Crippen molar-refractivity contribution < 1.29 is 9.59 Å². The number of nitrogens with two attached hydrogens (primary N) is 2. The molecule has 0 radical (unpaired) electrons. The van der Waals surface area contributed by atoms with Crippen LogP contribution in [0.15, 0.2) is 44.6 Å². The van der Waals surface area contributed by atoms with E-state index in [0.717, 1.165) is 5.69 Å². The average Bonchev–Trinajstić information content (AvgIpc) is 2.54. The number of nitrogens with one attached hydrogen (secondary N) is 2. The second-order valence-corrected chi connectivity index (χ2v) is 6.53. The second kappa shape index (κ2) is 7.48. The maximum absolute atomic E-state index is 12.2. The first kappa shape index (κ1) is 18.7. The van der Waals surface area contributed by atoms with E-state index in [1.165, 1.54) is 0 Å². The zero-order valence-electron chi connectivity index (χ0n) is 12.7. The van der Waals surface area contributed by atoms with Crippen molar-refractivity contribution in [2.24, 2.45) is 11.5 Å². The molecule has 0 amide bonds. The van der Waals surface area contributed by atoms with Gasteiger partial charge in [0.2, 0.25) is 11.6 Å². The van der Waals surface area contributed by atoms with Crippen molar-refractivity contribution in [1.29, 1.82) is 0 Å². The highest BCUT2D eigenvalue weighted by atomic mass is 35.5. The summed E-state index contributed by atoms with van der Waals surface area (Å²) >= 11 is 16.1. The quantitative estimate of drug-likeness (QED) is 0.391. The van der Waals surface area contributed by atoms with E-state index in [1.807, 2.05) is 6.92 Å². The Hall–Kier alpha value is -1.67. The van der Waals surface area contributed by atoms with E-state index >= 15 is 0 Å². The van der Waals surface area contributed by atoms with Gasteiger partial charge in [0, 0.05) is 28.9 Å². The minimum Gasteiger partial charge on any atom is -0.394 e. The highest BCUT2D eigenvalue weighted by molar-refractivity contribution is 7.80. The summed E-state index contributed by atoms with van der Waals surface area (Å²) in [7, 11) is 0. The maximum Gasteiger partial charge on any atom is 0.224 e. The smallest absolute Gasteiger partial charge is 0.224 e. The number of hydrogen-bond acceptors (Lipinski definition) is 7. The Labute approximate surface area is 154 Å². The Morgan fingerprint density at radius 3 is 2.46 bits per heavy atom. The van der Waals surface area contributed by atoms with Crippen LogP contribution in [0.4, 0.5) is 11.4 Å². The first-order valence-corrected chi connectivity index (χ1v) is 8.16. The first-order valence-electron chi connectivity index (χ1n) is 6.96. The Morgan fingerprint density at radius 2 is 1.88 bits per heavy atom. The predicted molar refractivity (Wildman–Crippen MR) is 99.4 cm³/mol. The number of carbonyl (C=O) groups is 2. The molecule has 1 aliphatic carbocycles. The summed E-state index contributed by atoms with van der Waals surface area (Å²) in [6.45, 7) is 2.47. The van der Waals surface area contributed by atoms with Gasteiger partial charge >= 0.3 is 0 Å². The Kier molecular flexibility index (Phi) is 5.82. The molecule has 0 saturated carbocycles. The Bertz CT molecular complexity index is 775. The van der Waals surface area contributed by atoms with Crippen LogP contribution < -0.4 is 22.1 Å². The number of rotatable bonds is 5. The number of thiol groups is 1. The number of benzene rings is 1. The molecule has 0 heterocycles. The molecule has 0 aromatic heterocycles. The van der Waals surface area contributed by atoms with Gasteiger partial charge in [-0.05, 0) is 25.1 Å². The summed E-state index contributed by atoms with van der Waals surface area (Å²) in [5.41, 5.74) is 12.0. The van der Waals surface area contributed by atoms with Crippen molar-refractivity contribution in [3.05, 3.63) is 39.7 Å². The lowest BCUT2D eigenvalue weighted by Gasteiger charge is -2.18. The second-order valence-electron chi connectivity index (χ2n) is 5.29. The molecule has 24 heavy (non-hydrogen) atoms. The van der Waals surface area contributed by atoms with Crippen molar-refractivity contribution in [2.45, 2.75) is 17.9 Å². The zero-order chi connectivity index (χ0) is 18.0. The van der Waals surface area contributed by atoms with Crippen LogP contribution in [0.25, 0.3) is 0 Å². The van der Waals surface area contributed by atoms with Crippen molar-refractivity contribution in [2.75, 3.05) is 17.2 Å². The van der Waals surface area contributed by atoms with Crippen molar-refractivity contribution in [3.63, 3.8) is 0 Å².